The summed E-state index contributed by atoms with van der Waals surface area (Å²) in [6.07, 6.45) is -0.116. The molecule has 0 bridgehead atoms. The van der Waals surface area contributed by atoms with Crippen LogP contribution in [0.25, 0.3) is 0 Å². The lowest BCUT2D eigenvalue weighted by atomic mass is 10.3. The minimum absolute atomic E-state index is 0.116. The predicted octanol–water partition coefficient (Wildman–Crippen LogP) is 1.71. The topological polar surface area (TPSA) is 33.7 Å². The highest BCUT2D eigenvalue weighted by Gasteiger charge is 2.20. The van der Waals surface area contributed by atoms with Gasteiger partial charge in [-0.25, -0.2) is 5.01 Å². The van der Waals surface area contributed by atoms with E-state index in [1.807, 2.05) is 37.3 Å². The quantitative estimate of drug-likeness (QED) is 0.841. The Morgan fingerprint density at radius 3 is 3.00 bits per heavy atom. The number of benzene rings is 1. The van der Waals surface area contributed by atoms with Gasteiger partial charge in [0.1, 0.15) is 0 Å². The third-order valence-corrected chi connectivity index (χ3v) is 2.45. The fourth-order valence-corrected chi connectivity index (χ4v) is 1.70. The molecule has 4 nitrogen and oxygen atoms in total. The number of anilines is 1. The molecule has 88 valence electrons. The fourth-order valence-electron chi connectivity index (χ4n) is 1.70. The van der Waals surface area contributed by atoms with Crippen molar-refractivity contribution in [1.29, 1.82) is 0 Å². The summed E-state index contributed by atoms with van der Waals surface area (Å²) < 4.78 is 10.9. The third-order valence-electron chi connectivity index (χ3n) is 2.45. The van der Waals surface area contributed by atoms with Crippen molar-refractivity contribution in [2.45, 2.75) is 13.2 Å². The van der Waals surface area contributed by atoms with Crippen LogP contribution in [-0.2, 0) is 9.47 Å². The van der Waals surface area contributed by atoms with Gasteiger partial charge in [0, 0.05) is 18.8 Å². The van der Waals surface area contributed by atoms with Crippen LogP contribution < -0.4 is 5.43 Å². The van der Waals surface area contributed by atoms with E-state index in [0.717, 1.165) is 18.8 Å². The minimum atomic E-state index is -0.116. The molecule has 1 aromatic rings. The molecule has 1 heterocycles. The van der Waals surface area contributed by atoms with Gasteiger partial charge in [0.15, 0.2) is 6.29 Å². The molecule has 1 aliphatic heterocycles. The van der Waals surface area contributed by atoms with Crippen molar-refractivity contribution in [3.8, 4) is 0 Å². The van der Waals surface area contributed by atoms with Crippen molar-refractivity contribution >= 4 is 5.69 Å². The lowest BCUT2D eigenvalue weighted by Gasteiger charge is -2.33. The number of para-hydroxylation sites is 1. The molecule has 0 amide bonds. The Bertz CT molecular complexity index is 303. The van der Waals surface area contributed by atoms with Gasteiger partial charge in [-0.05, 0) is 19.1 Å². The Labute approximate surface area is 96.1 Å². The predicted molar refractivity (Wildman–Crippen MR) is 63.0 cm³/mol. The van der Waals surface area contributed by atoms with E-state index in [1.165, 1.54) is 0 Å². The Kier molecular flexibility index (Phi) is 4.16. The normalized spacial score (nSPS) is 21.9. The van der Waals surface area contributed by atoms with Crippen LogP contribution >= 0.6 is 0 Å². The van der Waals surface area contributed by atoms with E-state index in [1.54, 1.807) is 0 Å². The van der Waals surface area contributed by atoms with Crippen LogP contribution in [-0.4, -0.2) is 37.6 Å². The summed E-state index contributed by atoms with van der Waals surface area (Å²) >= 11 is 0. The molecular weight excluding hydrogens is 204 g/mol. The molecule has 0 radical (unpaired) electrons. The van der Waals surface area contributed by atoms with Crippen molar-refractivity contribution in [2.24, 2.45) is 0 Å². The number of nitrogens with zero attached hydrogens (tertiary/aromatic N) is 1. The van der Waals surface area contributed by atoms with Crippen molar-refractivity contribution in [3.63, 3.8) is 0 Å². The van der Waals surface area contributed by atoms with E-state index in [0.29, 0.717) is 13.2 Å². The monoisotopic (exact) mass is 222 g/mol. The second-order valence-electron chi connectivity index (χ2n) is 3.68. The molecule has 0 aromatic heterocycles. The number of rotatable bonds is 4. The van der Waals surface area contributed by atoms with E-state index in [-0.39, 0.29) is 6.29 Å². The van der Waals surface area contributed by atoms with Crippen molar-refractivity contribution in [3.05, 3.63) is 30.3 Å². The molecule has 0 saturated carbocycles. The zero-order valence-electron chi connectivity index (χ0n) is 9.56. The Hall–Kier alpha value is -1.10. The summed E-state index contributed by atoms with van der Waals surface area (Å²) in [6, 6.07) is 10.1. The van der Waals surface area contributed by atoms with E-state index in [9.17, 15) is 0 Å². The second kappa shape index (κ2) is 5.84. The van der Waals surface area contributed by atoms with E-state index in [2.05, 4.69) is 10.4 Å². The van der Waals surface area contributed by atoms with E-state index in [4.69, 9.17) is 9.47 Å². The summed E-state index contributed by atoms with van der Waals surface area (Å²) in [7, 11) is 0. The van der Waals surface area contributed by atoms with Crippen LogP contribution in [0.5, 0.6) is 0 Å². The highest BCUT2D eigenvalue weighted by molar-refractivity contribution is 5.41. The van der Waals surface area contributed by atoms with Crippen LogP contribution in [0.15, 0.2) is 30.3 Å². The molecular formula is C12H18N2O2. The number of hydrazine groups is 1. The average molecular weight is 222 g/mol. The summed E-state index contributed by atoms with van der Waals surface area (Å²) in [5, 5.41) is 2.12. The van der Waals surface area contributed by atoms with Crippen molar-refractivity contribution in [1.82, 2.24) is 5.01 Å². The highest BCUT2D eigenvalue weighted by Crippen LogP contribution is 2.11. The lowest BCUT2D eigenvalue weighted by Crippen LogP contribution is -2.46. The first kappa shape index (κ1) is 11.4. The molecule has 1 fully saturated rings. The zero-order chi connectivity index (χ0) is 11.2. The number of hydrogen-bond acceptors (Lipinski definition) is 4. The van der Waals surface area contributed by atoms with Crippen molar-refractivity contribution < 1.29 is 9.47 Å². The van der Waals surface area contributed by atoms with Gasteiger partial charge < -0.3 is 14.9 Å². The Balaban J connectivity index is 1.85. The molecule has 1 N–H and O–H groups in total. The maximum Gasteiger partial charge on any atom is 0.172 e. The molecule has 1 aromatic carbocycles. The fraction of sp³-hybridized carbons (Fsp3) is 0.500. The van der Waals surface area contributed by atoms with Crippen LogP contribution in [0.4, 0.5) is 5.69 Å². The molecule has 16 heavy (non-hydrogen) atoms. The second-order valence-corrected chi connectivity index (χ2v) is 3.68. The van der Waals surface area contributed by atoms with E-state index >= 15 is 0 Å². The Morgan fingerprint density at radius 2 is 2.25 bits per heavy atom. The SMILES string of the molecule is CCOC1CN(Nc2ccccc2)CCO1. The lowest BCUT2D eigenvalue weighted by molar-refractivity contribution is -0.173. The summed E-state index contributed by atoms with van der Waals surface area (Å²) in [5.41, 5.74) is 4.44. The zero-order valence-corrected chi connectivity index (χ0v) is 9.56. The Morgan fingerprint density at radius 1 is 1.44 bits per heavy atom. The van der Waals surface area contributed by atoms with Gasteiger partial charge in [-0.15, -0.1) is 0 Å². The molecule has 4 heteroatoms. The van der Waals surface area contributed by atoms with Crippen LogP contribution in [0.3, 0.4) is 0 Å². The molecule has 2 rings (SSSR count). The van der Waals surface area contributed by atoms with Crippen LogP contribution in [0, 0.1) is 0 Å². The van der Waals surface area contributed by atoms with Gasteiger partial charge in [-0.1, -0.05) is 18.2 Å². The number of hydrogen-bond donors (Lipinski definition) is 1. The largest absolute Gasteiger partial charge is 0.351 e. The maximum absolute atomic E-state index is 5.48. The van der Waals surface area contributed by atoms with Crippen LogP contribution in [0.2, 0.25) is 0 Å². The summed E-state index contributed by atoms with van der Waals surface area (Å²) in [4.78, 5) is 0. The summed E-state index contributed by atoms with van der Waals surface area (Å²) in [6.45, 7) is 4.99. The van der Waals surface area contributed by atoms with E-state index < -0.39 is 0 Å². The minimum Gasteiger partial charge on any atom is -0.351 e. The van der Waals surface area contributed by atoms with Gasteiger partial charge in [0.05, 0.1) is 13.2 Å². The molecule has 0 spiro atoms. The first-order valence-electron chi connectivity index (χ1n) is 5.68. The maximum atomic E-state index is 5.48. The highest BCUT2D eigenvalue weighted by atomic mass is 16.7. The molecule has 1 aliphatic rings. The average Bonchev–Trinajstić information content (AvgIpc) is 2.31. The van der Waals surface area contributed by atoms with Gasteiger partial charge >= 0.3 is 0 Å². The first-order valence-corrected chi connectivity index (χ1v) is 5.68. The standard InChI is InChI=1S/C12H18N2O2/c1-2-15-12-10-14(8-9-16-12)13-11-6-4-3-5-7-11/h3-7,12-13H,2,8-10H2,1H3. The molecule has 1 saturated heterocycles. The van der Waals surface area contributed by atoms with Gasteiger partial charge in [0.2, 0.25) is 0 Å². The van der Waals surface area contributed by atoms with Gasteiger partial charge in [0.25, 0.3) is 0 Å². The number of nitrogens with one attached hydrogen (secondary N) is 1. The first-order chi connectivity index (χ1) is 7.88. The molecule has 1 unspecified atom stereocenters. The van der Waals surface area contributed by atoms with Crippen LogP contribution in [0.1, 0.15) is 6.92 Å². The van der Waals surface area contributed by atoms with Gasteiger partial charge in [-0.3, -0.25) is 0 Å². The molecule has 0 aliphatic carbocycles. The molecule has 1 atom stereocenters. The smallest absolute Gasteiger partial charge is 0.172 e. The third kappa shape index (κ3) is 3.20. The van der Waals surface area contributed by atoms with Gasteiger partial charge in [-0.2, -0.15) is 0 Å². The number of morpholine rings is 1. The van der Waals surface area contributed by atoms with Crippen molar-refractivity contribution in [2.75, 3.05) is 31.7 Å². The summed E-state index contributed by atoms with van der Waals surface area (Å²) in [5.74, 6) is 0. The number of ether oxygens (including phenoxy) is 2.